The second-order valence-electron chi connectivity index (χ2n) is 6.34. The summed E-state index contributed by atoms with van der Waals surface area (Å²) in [6.45, 7) is 2.12. The standard InChI is InChI=1S/C17H16F3N3O2/c18-17(19,20)16-21-13-9-23(5-3-12(13)15(24)22-16)8-10-1-2-14-11(7-10)4-6-25-14/h1-2,7H,3-6,8-9H2,(H,21,22,24). The van der Waals surface area contributed by atoms with E-state index in [4.69, 9.17) is 4.74 Å². The van der Waals surface area contributed by atoms with Crippen LogP contribution in [0.2, 0.25) is 0 Å². The quantitative estimate of drug-likeness (QED) is 0.902. The number of benzene rings is 1. The summed E-state index contributed by atoms with van der Waals surface area (Å²) in [5.74, 6) is -0.330. The van der Waals surface area contributed by atoms with Gasteiger partial charge in [0.25, 0.3) is 5.56 Å². The van der Waals surface area contributed by atoms with E-state index in [2.05, 4.69) is 11.1 Å². The molecule has 0 amide bonds. The van der Waals surface area contributed by atoms with E-state index in [9.17, 15) is 18.0 Å². The molecule has 25 heavy (non-hydrogen) atoms. The number of fused-ring (bicyclic) bond motifs is 2. The molecule has 1 aromatic carbocycles. The van der Waals surface area contributed by atoms with Gasteiger partial charge in [0.1, 0.15) is 5.75 Å². The number of nitrogens with zero attached hydrogens (tertiary/aromatic N) is 2. The summed E-state index contributed by atoms with van der Waals surface area (Å²) in [5.41, 5.74) is 2.11. The van der Waals surface area contributed by atoms with Crippen LogP contribution in [0.4, 0.5) is 13.2 Å². The SMILES string of the molecule is O=c1[nH]c(C(F)(F)F)nc2c1CCN(Cc1ccc3c(c1)CCO3)C2. The van der Waals surface area contributed by atoms with Gasteiger partial charge in [0.2, 0.25) is 5.82 Å². The molecular formula is C17H16F3N3O2. The van der Waals surface area contributed by atoms with Crippen molar-refractivity contribution in [2.45, 2.75) is 32.1 Å². The lowest BCUT2D eigenvalue weighted by atomic mass is 10.0. The van der Waals surface area contributed by atoms with Crippen LogP contribution in [-0.2, 0) is 32.1 Å². The minimum absolute atomic E-state index is 0.215. The maximum atomic E-state index is 12.9. The Balaban J connectivity index is 1.56. The molecule has 5 nitrogen and oxygen atoms in total. The summed E-state index contributed by atoms with van der Waals surface area (Å²) in [6.07, 6.45) is -3.39. The monoisotopic (exact) mass is 351 g/mol. The van der Waals surface area contributed by atoms with Crippen LogP contribution < -0.4 is 10.3 Å². The van der Waals surface area contributed by atoms with Gasteiger partial charge >= 0.3 is 6.18 Å². The highest BCUT2D eigenvalue weighted by Crippen LogP contribution is 2.28. The fourth-order valence-electron chi connectivity index (χ4n) is 3.36. The molecule has 0 saturated heterocycles. The molecule has 0 radical (unpaired) electrons. The molecule has 0 atom stereocenters. The summed E-state index contributed by atoms with van der Waals surface area (Å²) >= 11 is 0. The second kappa shape index (κ2) is 5.87. The summed E-state index contributed by atoms with van der Waals surface area (Å²) in [4.78, 5) is 19.4. The minimum Gasteiger partial charge on any atom is -0.493 e. The average Bonchev–Trinajstić information content (AvgIpc) is 3.01. The first-order valence-corrected chi connectivity index (χ1v) is 8.06. The zero-order valence-electron chi connectivity index (χ0n) is 13.3. The fourth-order valence-corrected chi connectivity index (χ4v) is 3.36. The third-order valence-corrected chi connectivity index (χ3v) is 4.58. The molecule has 8 heteroatoms. The third kappa shape index (κ3) is 3.13. The van der Waals surface area contributed by atoms with Crippen molar-refractivity contribution >= 4 is 0 Å². The largest absolute Gasteiger partial charge is 0.493 e. The number of halogens is 3. The molecule has 0 saturated carbocycles. The first kappa shape index (κ1) is 16.1. The summed E-state index contributed by atoms with van der Waals surface area (Å²) in [5, 5.41) is 0. The first-order valence-electron chi connectivity index (χ1n) is 8.06. The lowest BCUT2D eigenvalue weighted by Crippen LogP contribution is -2.36. The van der Waals surface area contributed by atoms with Gasteiger partial charge in [-0.25, -0.2) is 4.98 Å². The predicted molar refractivity (Wildman–Crippen MR) is 83.3 cm³/mol. The van der Waals surface area contributed by atoms with Gasteiger partial charge in [-0.1, -0.05) is 12.1 Å². The Kier molecular flexibility index (Phi) is 3.79. The number of aromatic nitrogens is 2. The Labute approximate surface area is 141 Å². The van der Waals surface area contributed by atoms with Gasteiger partial charge in [0.15, 0.2) is 0 Å². The van der Waals surface area contributed by atoms with Gasteiger partial charge in [0, 0.05) is 31.6 Å². The van der Waals surface area contributed by atoms with E-state index in [1.165, 1.54) is 0 Å². The zero-order chi connectivity index (χ0) is 17.6. The Hall–Kier alpha value is -2.35. The van der Waals surface area contributed by atoms with Gasteiger partial charge in [-0.15, -0.1) is 0 Å². The number of alkyl halides is 3. The smallest absolute Gasteiger partial charge is 0.449 e. The highest BCUT2D eigenvalue weighted by atomic mass is 19.4. The van der Waals surface area contributed by atoms with Crippen molar-refractivity contribution in [2.75, 3.05) is 13.2 Å². The fraction of sp³-hybridized carbons (Fsp3) is 0.412. The van der Waals surface area contributed by atoms with E-state index >= 15 is 0 Å². The first-order chi connectivity index (χ1) is 11.9. The molecule has 1 N–H and O–H groups in total. The van der Waals surface area contributed by atoms with E-state index in [0.29, 0.717) is 31.7 Å². The Morgan fingerprint density at radius 3 is 2.92 bits per heavy atom. The Morgan fingerprint density at radius 2 is 2.12 bits per heavy atom. The minimum atomic E-state index is -4.66. The molecule has 132 valence electrons. The molecule has 0 bridgehead atoms. The summed E-state index contributed by atoms with van der Waals surface area (Å²) in [7, 11) is 0. The van der Waals surface area contributed by atoms with E-state index in [1.54, 1.807) is 0 Å². The molecule has 1 aromatic heterocycles. The topological polar surface area (TPSA) is 58.2 Å². The van der Waals surface area contributed by atoms with Gasteiger partial charge in [-0.05, 0) is 23.6 Å². The number of aromatic amines is 1. The lowest BCUT2D eigenvalue weighted by Gasteiger charge is -2.28. The van der Waals surface area contributed by atoms with Crippen LogP contribution in [0.5, 0.6) is 5.75 Å². The highest BCUT2D eigenvalue weighted by molar-refractivity contribution is 5.39. The van der Waals surface area contributed by atoms with Crippen LogP contribution in [0.3, 0.4) is 0 Å². The maximum Gasteiger partial charge on any atom is 0.449 e. The molecule has 2 aliphatic rings. The average molecular weight is 351 g/mol. The number of hydrogen-bond donors (Lipinski definition) is 1. The maximum absolute atomic E-state index is 12.9. The van der Waals surface area contributed by atoms with Gasteiger partial charge in [-0.3, -0.25) is 9.69 Å². The molecule has 0 fully saturated rings. The molecule has 3 heterocycles. The number of ether oxygens (including phenoxy) is 1. The second-order valence-corrected chi connectivity index (χ2v) is 6.34. The van der Waals surface area contributed by atoms with Crippen LogP contribution in [0.15, 0.2) is 23.0 Å². The number of nitrogens with one attached hydrogen (secondary N) is 1. The van der Waals surface area contributed by atoms with Crippen LogP contribution >= 0.6 is 0 Å². The Bertz CT molecular complexity index is 876. The zero-order valence-corrected chi connectivity index (χ0v) is 13.3. The lowest BCUT2D eigenvalue weighted by molar-refractivity contribution is -0.145. The summed E-state index contributed by atoms with van der Waals surface area (Å²) < 4.78 is 44.0. The number of rotatable bonds is 2. The highest BCUT2D eigenvalue weighted by Gasteiger charge is 2.36. The van der Waals surface area contributed by atoms with Crippen molar-refractivity contribution in [2.24, 2.45) is 0 Å². The van der Waals surface area contributed by atoms with Crippen LogP contribution in [0.1, 0.15) is 28.2 Å². The Morgan fingerprint density at radius 1 is 1.28 bits per heavy atom. The van der Waals surface area contributed by atoms with E-state index in [0.717, 1.165) is 23.3 Å². The van der Waals surface area contributed by atoms with E-state index < -0.39 is 17.6 Å². The summed E-state index contributed by atoms with van der Waals surface area (Å²) in [6, 6.07) is 5.97. The number of H-pyrrole nitrogens is 1. The molecule has 0 spiro atoms. The molecule has 0 unspecified atom stereocenters. The van der Waals surface area contributed by atoms with Gasteiger partial charge < -0.3 is 9.72 Å². The van der Waals surface area contributed by atoms with Crippen molar-refractivity contribution in [3.8, 4) is 5.75 Å². The molecule has 4 rings (SSSR count). The van der Waals surface area contributed by atoms with Gasteiger partial charge in [0.05, 0.1) is 12.3 Å². The van der Waals surface area contributed by atoms with Crippen LogP contribution in [0.25, 0.3) is 0 Å². The van der Waals surface area contributed by atoms with E-state index in [-0.39, 0.29) is 12.2 Å². The van der Waals surface area contributed by atoms with Crippen molar-refractivity contribution in [1.82, 2.24) is 14.9 Å². The molecule has 2 aromatic rings. The normalized spacial score (nSPS) is 17.1. The third-order valence-electron chi connectivity index (χ3n) is 4.58. The van der Waals surface area contributed by atoms with Crippen LogP contribution in [0, 0.1) is 0 Å². The molecular weight excluding hydrogens is 335 g/mol. The van der Waals surface area contributed by atoms with Crippen LogP contribution in [-0.4, -0.2) is 28.0 Å². The van der Waals surface area contributed by atoms with Crippen molar-refractivity contribution in [3.63, 3.8) is 0 Å². The van der Waals surface area contributed by atoms with E-state index in [1.807, 2.05) is 22.0 Å². The van der Waals surface area contributed by atoms with Crippen molar-refractivity contribution < 1.29 is 17.9 Å². The molecule has 0 aliphatic carbocycles. The number of hydrogen-bond acceptors (Lipinski definition) is 4. The molecule has 2 aliphatic heterocycles. The van der Waals surface area contributed by atoms with Gasteiger partial charge in [-0.2, -0.15) is 13.2 Å². The predicted octanol–water partition coefficient (Wildman–Crippen LogP) is 2.28. The van der Waals surface area contributed by atoms with Crippen molar-refractivity contribution in [1.29, 1.82) is 0 Å². The van der Waals surface area contributed by atoms with Crippen molar-refractivity contribution in [3.05, 3.63) is 56.8 Å².